The Morgan fingerprint density at radius 3 is 1.61 bits per heavy atom. The fourth-order valence-corrected chi connectivity index (χ4v) is 4.54. The minimum atomic E-state index is 0.525. The molecule has 2 bridgehead atoms. The monoisotopic (exact) mass is 413 g/mol. The molecule has 2 unspecified atom stereocenters. The molecule has 2 aliphatic carbocycles. The molecule has 0 aromatic heterocycles. The van der Waals surface area contributed by atoms with Gasteiger partial charge in [-0.1, -0.05) is 87.5 Å². The highest BCUT2D eigenvalue weighted by Gasteiger charge is 2.52. The predicted molar refractivity (Wildman–Crippen MR) is 129 cm³/mol. The maximum absolute atomic E-state index is 10.7. The summed E-state index contributed by atoms with van der Waals surface area (Å²) in [6.07, 6.45) is 9.28. The Bertz CT molecular complexity index is 1040. The Balaban J connectivity index is 0.000000140. The lowest BCUT2D eigenvalue weighted by molar-refractivity contribution is 0.111. The van der Waals surface area contributed by atoms with Crippen molar-refractivity contribution in [3.05, 3.63) is 90.0 Å². The fraction of sp³-hybridized carbons (Fsp3) is 0.286. The summed E-state index contributed by atoms with van der Waals surface area (Å²) in [5.74, 6) is 0.873. The number of aldehydes is 2. The molecule has 1 saturated carbocycles. The van der Waals surface area contributed by atoms with Gasteiger partial charge in [-0.25, -0.2) is 0 Å². The summed E-state index contributed by atoms with van der Waals surface area (Å²) < 4.78 is 0. The summed E-state index contributed by atoms with van der Waals surface area (Å²) in [6, 6.07) is 20.2. The van der Waals surface area contributed by atoms with Gasteiger partial charge in [0.15, 0.2) is 12.6 Å². The maximum atomic E-state index is 10.7. The summed E-state index contributed by atoms with van der Waals surface area (Å²) in [4.78, 5) is 21.5. The zero-order valence-electron chi connectivity index (χ0n) is 18.5. The lowest BCUT2D eigenvalue weighted by atomic mass is 9.71. The van der Waals surface area contributed by atoms with Crippen LogP contribution in [0.2, 0.25) is 0 Å². The normalized spacial score (nSPS) is 22.1. The van der Waals surface area contributed by atoms with Crippen LogP contribution in [-0.4, -0.2) is 12.6 Å². The van der Waals surface area contributed by atoms with Gasteiger partial charge in [0.25, 0.3) is 0 Å². The number of hydrogen-bond donors (Lipinski definition) is 1. The zero-order chi connectivity index (χ0) is 22.5. The third-order valence-corrected chi connectivity index (χ3v) is 7.11. The Hall–Kier alpha value is -3.20. The predicted octanol–water partition coefficient (Wildman–Crippen LogP) is 6.73. The molecule has 3 aromatic carbocycles. The molecule has 0 aliphatic heterocycles. The molecule has 5 rings (SSSR count). The molecule has 2 N–H and O–H groups in total. The van der Waals surface area contributed by atoms with Crippen LogP contribution in [0, 0.1) is 16.7 Å². The van der Waals surface area contributed by atoms with Crippen molar-refractivity contribution in [1.82, 2.24) is 0 Å². The Labute approximate surface area is 185 Å². The Kier molecular flexibility index (Phi) is 6.74. The quantitative estimate of drug-likeness (QED) is 0.288. The van der Waals surface area contributed by atoms with Crippen molar-refractivity contribution in [2.75, 3.05) is 5.73 Å². The first-order chi connectivity index (χ1) is 14.8. The fourth-order valence-electron chi connectivity index (χ4n) is 4.54. The summed E-state index contributed by atoms with van der Waals surface area (Å²) in [7, 11) is 0. The highest BCUT2D eigenvalue weighted by molar-refractivity contribution is 6.04. The van der Waals surface area contributed by atoms with Crippen molar-refractivity contribution in [2.24, 2.45) is 16.7 Å². The molecule has 2 atom stereocenters. The van der Waals surface area contributed by atoms with Crippen molar-refractivity contribution in [1.29, 1.82) is 0 Å². The summed E-state index contributed by atoms with van der Waals surface area (Å²) in [5.41, 5.74) is 8.49. The van der Waals surface area contributed by atoms with E-state index in [4.69, 9.17) is 5.73 Å². The van der Waals surface area contributed by atoms with E-state index in [0.717, 1.165) is 35.0 Å². The standard InChI is InChI=1S/C12H8O2.C10H16.C6H7N/c13-7-9-3-1-5-11-10(8-14)4-2-6-12(9)11;1-9(2)8-4-6-10(9,3)7-5-8;7-6-4-2-1-3-5-6/h1-8H;4,6,8H,5,7H2,1-3H3;1-5H,7H2. The summed E-state index contributed by atoms with van der Waals surface area (Å²) in [6.45, 7) is 7.21. The lowest BCUT2D eigenvalue weighted by Crippen LogP contribution is -2.27. The maximum Gasteiger partial charge on any atom is 0.150 e. The van der Waals surface area contributed by atoms with Gasteiger partial charge in [-0.05, 0) is 52.5 Å². The SMILES string of the molecule is CC12C=CC(CC1)C2(C)C.Nc1ccccc1.O=Cc1cccc2c(C=O)cccc12. The average Bonchev–Trinajstić information content (AvgIpc) is 3.15. The second-order valence-corrected chi connectivity index (χ2v) is 9.08. The van der Waals surface area contributed by atoms with Crippen LogP contribution in [0.25, 0.3) is 10.8 Å². The molecule has 0 saturated heterocycles. The lowest BCUT2D eigenvalue weighted by Gasteiger charge is -2.33. The second kappa shape index (κ2) is 9.30. The van der Waals surface area contributed by atoms with E-state index < -0.39 is 0 Å². The van der Waals surface area contributed by atoms with Crippen LogP contribution < -0.4 is 5.73 Å². The molecule has 1 fully saturated rings. The highest BCUT2D eigenvalue weighted by Crippen LogP contribution is 2.61. The van der Waals surface area contributed by atoms with Gasteiger partial charge in [-0.3, -0.25) is 9.59 Å². The second-order valence-electron chi connectivity index (χ2n) is 9.08. The van der Waals surface area contributed by atoms with E-state index in [1.54, 1.807) is 24.3 Å². The molecule has 3 nitrogen and oxygen atoms in total. The highest BCUT2D eigenvalue weighted by atomic mass is 16.1. The van der Waals surface area contributed by atoms with E-state index in [1.807, 2.05) is 42.5 Å². The van der Waals surface area contributed by atoms with Gasteiger partial charge in [-0.2, -0.15) is 0 Å². The number of fused-ring (bicyclic) bond motifs is 3. The van der Waals surface area contributed by atoms with Crippen molar-refractivity contribution in [3.63, 3.8) is 0 Å². The first kappa shape index (κ1) is 22.5. The Morgan fingerprint density at radius 2 is 1.35 bits per heavy atom. The third-order valence-electron chi connectivity index (χ3n) is 7.11. The number of allylic oxidation sites excluding steroid dienone is 2. The summed E-state index contributed by atoms with van der Waals surface area (Å²) >= 11 is 0. The van der Waals surface area contributed by atoms with Crippen LogP contribution >= 0.6 is 0 Å². The third kappa shape index (κ3) is 4.61. The number of para-hydroxylation sites is 1. The number of anilines is 1. The van der Waals surface area contributed by atoms with Gasteiger partial charge in [0.2, 0.25) is 0 Å². The number of hydrogen-bond acceptors (Lipinski definition) is 3. The first-order valence-electron chi connectivity index (χ1n) is 10.7. The Morgan fingerprint density at radius 1 is 0.806 bits per heavy atom. The van der Waals surface area contributed by atoms with Gasteiger partial charge in [0.1, 0.15) is 0 Å². The van der Waals surface area contributed by atoms with Crippen LogP contribution in [-0.2, 0) is 0 Å². The molecular formula is C28H31NO2. The molecule has 0 spiro atoms. The van der Waals surface area contributed by atoms with Crippen molar-refractivity contribution in [2.45, 2.75) is 33.6 Å². The molecule has 0 radical (unpaired) electrons. The van der Waals surface area contributed by atoms with Crippen LogP contribution in [0.1, 0.15) is 54.3 Å². The van der Waals surface area contributed by atoms with Crippen molar-refractivity contribution < 1.29 is 9.59 Å². The number of carbonyl (C=O) groups is 2. The van der Waals surface area contributed by atoms with E-state index in [-0.39, 0.29) is 0 Å². The molecular weight excluding hydrogens is 382 g/mol. The number of nitrogens with two attached hydrogens (primary N) is 1. The largest absolute Gasteiger partial charge is 0.399 e. The molecule has 160 valence electrons. The van der Waals surface area contributed by atoms with E-state index in [2.05, 4.69) is 32.9 Å². The van der Waals surface area contributed by atoms with Crippen LogP contribution in [0.4, 0.5) is 5.69 Å². The van der Waals surface area contributed by atoms with Gasteiger partial charge < -0.3 is 5.73 Å². The average molecular weight is 414 g/mol. The zero-order valence-corrected chi connectivity index (χ0v) is 18.5. The first-order valence-corrected chi connectivity index (χ1v) is 10.7. The van der Waals surface area contributed by atoms with Gasteiger partial charge in [-0.15, -0.1) is 0 Å². The number of benzene rings is 3. The number of rotatable bonds is 2. The minimum Gasteiger partial charge on any atom is -0.399 e. The van der Waals surface area contributed by atoms with Crippen molar-refractivity contribution in [3.8, 4) is 0 Å². The number of nitrogen functional groups attached to an aromatic ring is 1. The van der Waals surface area contributed by atoms with Gasteiger partial charge >= 0.3 is 0 Å². The minimum absolute atomic E-state index is 0.525. The molecule has 0 heterocycles. The van der Waals surface area contributed by atoms with E-state index in [1.165, 1.54) is 12.8 Å². The van der Waals surface area contributed by atoms with Crippen LogP contribution in [0.3, 0.4) is 0 Å². The summed E-state index contributed by atoms with van der Waals surface area (Å²) in [5, 5.41) is 1.65. The molecule has 3 aromatic rings. The molecule has 3 heteroatoms. The van der Waals surface area contributed by atoms with Crippen LogP contribution in [0.15, 0.2) is 78.9 Å². The smallest absolute Gasteiger partial charge is 0.150 e. The van der Waals surface area contributed by atoms with Crippen molar-refractivity contribution >= 4 is 29.0 Å². The number of carbonyl (C=O) groups excluding carboxylic acids is 2. The topological polar surface area (TPSA) is 60.2 Å². The van der Waals surface area contributed by atoms with E-state index >= 15 is 0 Å². The van der Waals surface area contributed by atoms with Crippen LogP contribution in [0.5, 0.6) is 0 Å². The van der Waals surface area contributed by atoms with E-state index in [0.29, 0.717) is 22.0 Å². The van der Waals surface area contributed by atoms with E-state index in [9.17, 15) is 9.59 Å². The van der Waals surface area contributed by atoms with Gasteiger partial charge in [0, 0.05) is 16.8 Å². The van der Waals surface area contributed by atoms with Gasteiger partial charge in [0.05, 0.1) is 0 Å². The molecule has 31 heavy (non-hydrogen) atoms. The molecule has 2 aliphatic rings. The molecule has 0 amide bonds.